The van der Waals surface area contributed by atoms with Gasteiger partial charge in [0.05, 0.1) is 0 Å². The van der Waals surface area contributed by atoms with Crippen molar-refractivity contribution >= 4 is 22.3 Å². The van der Waals surface area contributed by atoms with Crippen molar-refractivity contribution in [2.45, 2.75) is 19.3 Å². The molecular weight excluding hydrogens is 232 g/mol. The summed E-state index contributed by atoms with van der Waals surface area (Å²) >= 11 is 1.80. The third kappa shape index (κ3) is 2.55. The van der Waals surface area contributed by atoms with Crippen molar-refractivity contribution in [3.63, 3.8) is 0 Å². The molecule has 0 atom stereocenters. The molecule has 0 spiro atoms. The topological polar surface area (TPSA) is 31.4 Å². The Labute approximate surface area is 107 Å². The van der Waals surface area contributed by atoms with Gasteiger partial charge in [-0.15, -0.1) is 11.3 Å². The molecule has 2 aliphatic rings. The van der Waals surface area contributed by atoms with Crippen molar-refractivity contribution in [3.05, 3.63) is 5.38 Å². The molecule has 2 saturated heterocycles. The Morgan fingerprint density at radius 2 is 1.76 bits per heavy atom. The molecule has 1 N–H and O–H groups in total. The van der Waals surface area contributed by atoms with Crippen LogP contribution < -0.4 is 15.1 Å². The molecule has 1 aromatic heterocycles. The number of hydrogen-bond donors (Lipinski definition) is 1. The van der Waals surface area contributed by atoms with Gasteiger partial charge in [-0.05, 0) is 19.3 Å². The maximum atomic E-state index is 4.80. The van der Waals surface area contributed by atoms with Gasteiger partial charge in [0.15, 0.2) is 5.13 Å². The van der Waals surface area contributed by atoms with Gasteiger partial charge < -0.3 is 15.1 Å². The molecule has 0 unspecified atom stereocenters. The molecule has 3 heterocycles. The lowest BCUT2D eigenvalue weighted by Crippen LogP contribution is -2.43. The van der Waals surface area contributed by atoms with E-state index in [2.05, 4.69) is 20.5 Å². The zero-order valence-corrected chi connectivity index (χ0v) is 11.0. The normalized spacial score (nSPS) is 21.9. The molecule has 0 bridgehead atoms. The van der Waals surface area contributed by atoms with Crippen LogP contribution in [0.3, 0.4) is 0 Å². The summed E-state index contributed by atoms with van der Waals surface area (Å²) in [4.78, 5) is 9.63. The minimum atomic E-state index is 1.08. The Bertz CT molecular complexity index is 321. The number of hydrogen-bond acceptors (Lipinski definition) is 5. The highest BCUT2D eigenvalue weighted by Crippen LogP contribution is 2.27. The van der Waals surface area contributed by atoms with Crippen molar-refractivity contribution in [1.82, 2.24) is 10.3 Å². The van der Waals surface area contributed by atoms with Crippen LogP contribution in [0.5, 0.6) is 0 Å². The van der Waals surface area contributed by atoms with E-state index in [0.717, 1.165) is 26.2 Å². The molecule has 17 heavy (non-hydrogen) atoms. The Kier molecular flexibility index (Phi) is 3.47. The van der Waals surface area contributed by atoms with Gasteiger partial charge in [0.25, 0.3) is 0 Å². The first-order valence-electron chi connectivity index (χ1n) is 6.59. The first kappa shape index (κ1) is 11.3. The molecule has 4 nitrogen and oxygen atoms in total. The molecule has 0 radical (unpaired) electrons. The Balaban J connectivity index is 1.68. The van der Waals surface area contributed by atoms with E-state index in [1.165, 1.54) is 43.3 Å². The third-order valence-electron chi connectivity index (χ3n) is 3.55. The van der Waals surface area contributed by atoms with E-state index in [1.54, 1.807) is 11.3 Å². The lowest BCUT2D eigenvalue weighted by Gasteiger charge is -2.28. The molecule has 3 rings (SSSR count). The van der Waals surface area contributed by atoms with Gasteiger partial charge in [-0.3, -0.25) is 0 Å². The van der Waals surface area contributed by atoms with Crippen molar-refractivity contribution in [3.8, 4) is 0 Å². The number of piperidine rings is 1. The van der Waals surface area contributed by atoms with E-state index in [4.69, 9.17) is 4.98 Å². The van der Waals surface area contributed by atoms with Gasteiger partial charge in [-0.25, -0.2) is 4.98 Å². The minimum Gasteiger partial charge on any atom is -0.356 e. The van der Waals surface area contributed by atoms with E-state index in [-0.39, 0.29) is 0 Å². The summed E-state index contributed by atoms with van der Waals surface area (Å²) in [6, 6.07) is 0. The second-order valence-corrected chi connectivity index (χ2v) is 5.61. The molecule has 5 heteroatoms. The van der Waals surface area contributed by atoms with Gasteiger partial charge in [0.2, 0.25) is 0 Å². The fraction of sp³-hybridized carbons (Fsp3) is 0.750. The lowest BCUT2D eigenvalue weighted by atomic mass is 10.1. The molecule has 94 valence electrons. The van der Waals surface area contributed by atoms with E-state index >= 15 is 0 Å². The van der Waals surface area contributed by atoms with Gasteiger partial charge in [-0.2, -0.15) is 0 Å². The maximum absolute atomic E-state index is 4.80. The summed E-state index contributed by atoms with van der Waals surface area (Å²) in [6.07, 6.45) is 4.02. The molecule has 0 aromatic carbocycles. The van der Waals surface area contributed by atoms with Crippen LogP contribution in [0, 0.1) is 0 Å². The largest absolute Gasteiger partial charge is 0.356 e. The maximum Gasteiger partial charge on any atom is 0.187 e. The highest BCUT2D eigenvalue weighted by Gasteiger charge is 2.17. The highest BCUT2D eigenvalue weighted by molar-refractivity contribution is 7.14. The summed E-state index contributed by atoms with van der Waals surface area (Å²) in [5.74, 6) is 1.20. The summed E-state index contributed by atoms with van der Waals surface area (Å²) in [5, 5.41) is 6.81. The number of rotatable bonds is 2. The Morgan fingerprint density at radius 1 is 1.00 bits per heavy atom. The van der Waals surface area contributed by atoms with Gasteiger partial charge in [0, 0.05) is 44.6 Å². The van der Waals surface area contributed by atoms with Crippen LogP contribution in [-0.4, -0.2) is 44.3 Å². The van der Waals surface area contributed by atoms with Crippen molar-refractivity contribution < 1.29 is 0 Å². The Morgan fingerprint density at radius 3 is 2.53 bits per heavy atom. The molecule has 0 aliphatic carbocycles. The quantitative estimate of drug-likeness (QED) is 0.865. The summed E-state index contributed by atoms with van der Waals surface area (Å²) in [6.45, 7) is 6.71. The SMILES string of the molecule is c1sc(N2CCNCC2)nc1N1CCCCC1. The lowest BCUT2D eigenvalue weighted by molar-refractivity contribution is 0.572. The molecule has 0 saturated carbocycles. The van der Waals surface area contributed by atoms with Gasteiger partial charge in [0.1, 0.15) is 5.82 Å². The number of aromatic nitrogens is 1. The van der Waals surface area contributed by atoms with E-state index in [1.807, 2.05) is 0 Å². The fourth-order valence-corrected chi connectivity index (χ4v) is 3.42. The van der Waals surface area contributed by atoms with Gasteiger partial charge in [-0.1, -0.05) is 0 Å². The molecular formula is C12H20N4S. The smallest absolute Gasteiger partial charge is 0.187 e. The predicted molar refractivity (Wildman–Crippen MR) is 73.3 cm³/mol. The van der Waals surface area contributed by atoms with Crippen LogP contribution in [0.2, 0.25) is 0 Å². The number of nitrogens with zero attached hydrogens (tertiary/aromatic N) is 3. The molecule has 1 aromatic rings. The first-order valence-corrected chi connectivity index (χ1v) is 7.47. The number of anilines is 2. The number of nitrogens with one attached hydrogen (secondary N) is 1. The zero-order chi connectivity index (χ0) is 11.5. The van der Waals surface area contributed by atoms with Crippen LogP contribution >= 0.6 is 11.3 Å². The van der Waals surface area contributed by atoms with Crippen LogP contribution in [-0.2, 0) is 0 Å². The van der Waals surface area contributed by atoms with Crippen molar-refractivity contribution in [2.24, 2.45) is 0 Å². The van der Waals surface area contributed by atoms with Crippen molar-refractivity contribution in [1.29, 1.82) is 0 Å². The summed E-state index contributed by atoms with van der Waals surface area (Å²) < 4.78 is 0. The zero-order valence-electron chi connectivity index (χ0n) is 10.2. The van der Waals surface area contributed by atoms with Crippen LogP contribution in [0.4, 0.5) is 10.9 Å². The van der Waals surface area contributed by atoms with Crippen LogP contribution in [0.1, 0.15) is 19.3 Å². The third-order valence-corrected chi connectivity index (χ3v) is 4.44. The fourth-order valence-electron chi connectivity index (χ4n) is 2.53. The van der Waals surface area contributed by atoms with Crippen molar-refractivity contribution in [2.75, 3.05) is 49.1 Å². The summed E-state index contributed by atoms with van der Waals surface area (Å²) in [7, 11) is 0. The summed E-state index contributed by atoms with van der Waals surface area (Å²) in [5.41, 5.74) is 0. The first-order chi connectivity index (χ1) is 8.43. The number of piperazine rings is 1. The number of thiazole rings is 1. The molecule has 2 fully saturated rings. The van der Waals surface area contributed by atoms with E-state index in [9.17, 15) is 0 Å². The standard InChI is InChI=1S/C12H20N4S/c1-2-6-15(7-3-1)11-10-17-12(14-11)16-8-4-13-5-9-16/h10,13H,1-9H2. The molecule has 0 amide bonds. The predicted octanol–water partition coefficient (Wildman–Crippen LogP) is 1.54. The second-order valence-electron chi connectivity index (χ2n) is 4.77. The van der Waals surface area contributed by atoms with Crippen LogP contribution in [0.25, 0.3) is 0 Å². The van der Waals surface area contributed by atoms with E-state index < -0.39 is 0 Å². The highest BCUT2D eigenvalue weighted by atomic mass is 32.1. The molecule has 2 aliphatic heterocycles. The Hall–Kier alpha value is -0.810. The second kappa shape index (κ2) is 5.23. The average molecular weight is 252 g/mol. The monoisotopic (exact) mass is 252 g/mol. The van der Waals surface area contributed by atoms with Crippen LogP contribution in [0.15, 0.2) is 5.38 Å². The average Bonchev–Trinajstić information content (AvgIpc) is 2.90. The van der Waals surface area contributed by atoms with Gasteiger partial charge >= 0.3 is 0 Å². The minimum absolute atomic E-state index is 1.08. The van der Waals surface area contributed by atoms with E-state index in [0.29, 0.717) is 0 Å².